The number of rotatable bonds is 17. The van der Waals surface area contributed by atoms with Gasteiger partial charge in [-0.1, -0.05) is 80.4 Å². The van der Waals surface area contributed by atoms with E-state index in [1.165, 1.54) is 27.6 Å². The number of primary amides is 1. The zero-order valence-corrected chi connectivity index (χ0v) is 29.5. The molecule has 2 aromatic carbocycles. The number of amides is 3. The summed E-state index contributed by atoms with van der Waals surface area (Å²) < 4.78 is 29.8. The number of urea groups is 1. The molecule has 2 heterocycles. The van der Waals surface area contributed by atoms with Crippen molar-refractivity contribution in [3.05, 3.63) is 95.8 Å². The first-order valence-electron chi connectivity index (χ1n) is 17.3. The predicted octanol–water partition coefficient (Wildman–Crippen LogP) is 4.11. The fourth-order valence-electron chi connectivity index (χ4n) is 7.45. The number of hydrogen-bond donors (Lipinski definition) is 3. The van der Waals surface area contributed by atoms with E-state index >= 15 is 0 Å². The molecule has 1 saturated carbocycles. The second-order valence-electron chi connectivity index (χ2n) is 13.5. The number of sulfonamides is 1. The Balaban J connectivity index is 1.56. The van der Waals surface area contributed by atoms with Crippen LogP contribution in [0.2, 0.25) is 0 Å². The largest absolute Gasteiger partial charge is 0.411 e. The normalized spacial score (nSPS) is 18.6. The van der Waals surface area contributed by atoms with Crippen LogP contribution >= 0.6 is 0 Å². The molecule has 50 heavy (non-hydrogen) atoms. The van der Waals surface area contributed by atoms with Crippen LogP contribution in [-0.2, 0) is 27.8 Å². The molecule has 2 fully saturated rings. The van der Waals surface area contributed by atoms with E-state index in [0.717, 1.165) is 30.4 Å². The average Bonchev–Trinajstić information content (AvgIpc) is 3.45. The molecule has 1 saturated heterocycles. The van der Waals surface area contributed by atoms with Crippen molar-refractivity contribution in [1.82, 2.24) is 19.1 Å². The van der Waals surface area contributed by atoms with Crippen LogP contribution in [0.25, 0.3) is 0 Å². The van der Waals surface area contributed by atoms with Gasteiger partial charge in [0.25, 0.3) is 0 Å². The molecule has 0 radical (unpaired) electrons. The van der Waals surface area contributed by atoms with Crippen molar-refractivity contribution in [2.75, 3.05) is 26.2 Å². The van der Waals surface area contributed by atoms with Crippen molar-refractivity contribution in [2.24, 2.45) is 28.6 Å². The van der Waals surface area contributed by atoms with Crippen molar-refractivity contribution in [2.45, 2.75) is 69.0 Å². The van der Waals surface area contributed by atoms with Gasteiger partial charge in [0.1, 0.15) is 5.54 Å². The molecule has 4 atom stereocenters. The topological polar surface area (TPSA) is 170 Å². The highest BCUT2D eigenvalue weighted by Gasteiger charge is 2.58. The van der Waals surface area contributed by atoms with E-state index in [-0.39, 0.29) is 42.9 Å². The van der Waals surface area contributed by atoms with Gasteiger partial charge in [-0.3, -0.25) is 9.78 Å². The third-order valence-corrected chi connectivity index (χ3v) is 12.4. The molecule has 1 aromatic heterocycles. The lowest BCUT2D eigenvalue weighted by molar-refractivity contribution is -0.141. The number of aromatic nitrogens is 1. The smallest absolute Gasteiger partial charge is 0.321 e. The number of oxime groups is 1. The molecular weight excluding hydrogens is 657 g/mol. The Labute approximate surface area is 294 Å². The first-order valence-corrected chi connectivity index (χ1v) is 18.7. The van der Waals surface area contributed by atoms with Crippen LogP contribution in [0.5, 0.6) is 0 Å². The molecule has 268 valence electrons. The lowest BCUT2D eigenvalue weighted by Gasteiger charge is -2.50. The van der Waals surface area contributed by atoms with Crippen LogP contribution in [-0.4, -0.2) is 93.8 Å². The molecule has 5 rings (SSSR count). The van der Waals surface area contributed by atoms with Crippen molar-refractivity contribution in [3.63, 3.8) is 0 Å². The molecule has 2 aliphatic rings. The van der Waals surface area contributed by atoms with E-state index in [0.29, 0.717) is 25.1 Å². The van der Waals surface area contributed by atoms with Crippen molar-refractivity contribution >= 4 is 28.2 Å². The Kier molecular flexibility index (Phi) is 11.9. The van der Waals surface area contributed by atoms with E-state index in [2.05, 4.69) is 10.1 Å². The quantitative estimate of drug-likeness (QED) is 0.108. The van der Waals surface area contributed by atoms with E-state index in [9.17, 15) is 23.1 Å². The maximum atomic E-state index is 14.3. The minimum atomic E-state index is -4.11. The second-order valence-corrected chi connectivity index (χ2v) is 15.4. The third-order valence-electron chi connectivity index (χ3n) is 10.5. The lowest BCUT2D eigenvalue weighted by Crippen LogP contribution is -2.69. The molecule has 4 N–H and O–H groups in total. The second kappa shape index (κ2) is 16.1. The van der Waals surface area contributed by atoms with Crippen LogP contribution in [0, 0.1) is 17.8 Å². The van der Waals surface area contributed by atoms with Crippen LogP contribution in [0.1, 0.15) is 56.2 Å². The zero-order valence-electron chi connectivity index (χ0n) is 28.7. The Hall–Kier alpha value is -4.33. The van der Waals surface area contributed by atoms with E-state index in [1.54, 1.807) is 35.5 Å². The maximum Gasteiger partial charge on any atom is 0.321 e. The first-order chi connectivity index (χ1) is 24.0. The molecule has 0 bridgehead atoms. The number of aliphatic hydroxyl groups excluding tert-OH is 1. The van der Waals surface area contributed by atoms with Gasteiger partial charge in [0.05, 0.1) is 17.2 Å². The van der Waals surface area contributed by atoms with Gasteiger partial charge in [-0.15, -0.1) is 0 Å². The third kappa shape index (κ3) is 7.69. The molecule has 3 amide bonds. The number of benzene rings is 2. The van der Waals surface area contributed by atoms with Crippen LogP contribution in [0.15, 0.2) is 89.2 Å². The standard InChI is InChI=1S/C37H48N6O6S/c1-3-27(2)37(35(38)45,43-20-19-41(36(43)46)24-31-13-8-18-39-22-31)33(21-28-9-5-4-6-10-28)34(44)26-42(25-30-11-7-12-30)50(48,49)32-16-14-29(15-17-32)23-40-47/h4-6,8-10,13-18,22-23,27,30,33-34,44,47H,3,7,11-12,19-21,24-26H2,1-2H3,(H2,38,45)/t27?,33-,34+,37?/m1/s1. The highest BCUT2D eigenvalue weighted by atomic mass is 32.2. The summed E-state index contributed by atoms with van der Waals surface area (Å²) in [5.74, 6) is -2.05. The van der Waals surface area contributed by atoms with Gasteiger partial charge in [-0.05, 0) is 66.0 Å². The number of nitrogens with zero attached hydrogens (tertiary/aromatic N) is 5. The summed E-state index contributed by atoms with van der Waals surface area (Å²) in [4.78, 5) is 35.8. The highest BCUT2D eigenvalue weighted by Crippen LogP contribution is 2.42. The fraction of sp³-hybridized carbons (Fsp3) is 0.459. The lowest BCUT2D eigenvalue weighted by atomic mass is 9.67. The summed E-state index contributed by atoms with van der Waals surface area (Å²) in [6.45, 7) is 4.52. The zero-order chi connectivity index (χ0) is 35.9. The summed E-state index contributed by atoms with van der Waals surface area (Å²) >= 11 is 0. The number of aliphatic hydroxyl groups is 1. The van der Waals surface area contributed by atoms with Gasteiger partial charge in [0, 0.05) is 51.0 Å². The number of nitrogens with two attached hydrogens (primary N) is 1. The number of pyridine rings is 1. The monoisotopic (exact) mass is 704 g/mol. The summed E-state index contributed by atoms with van der Waals surface area (Å²) in [5, 5.41) is 24.4. The summed E-state index contributed by atoms with van der Waals surface area (Å²) in [5.41, 5.74) is 6.93. The summed E-state index contributed by atoms with van der Waals surface area (Å²) in [7, 11) is -4.11. The van der Waals surface area contributed by atoms with E-state index in [1.807, 2.05) is 50.2 Å². The van der Waals surface area contributed by atoms with Crippen LogP contribution in [0.3, 0.4) is 0 Å². The minimum absolute atomic E-state index is 0.0302. The number of carbonyl (C=O) groups is 2. The summed E-state index contributed by atoms with van der Waals surface area (Å²) in [6, 6.07) is 18.7. The van der Waals surface area contributed by atoms with Crippen LogP contribution in [0.4, 0.5) is 4.79 Å². The molecular formula is C37H48N6O6S. The molecule has 1 aliphatic carbocycles. The van der Waals surface area contributed by atoms with Gasteiger partial charge >= 0.3 is 6.03 Å². The van der Waals surface area contributed by atoms with Crippen molar-refractivity contribution in [3.8, 4) is 0 Å². The van der Waals surface area contributed by atoms with Gasteiger partial charge in [-0.25, -0.2) is 13.2 Å². The van der Waals surface area contributed by atoms with E-state index in [4.69, 9.17) is 10.9 Å². The average molecular weight is 705 g/mol. The van der Waals surface area contributed by atoms with Gasteiger partial charge in [0.2, 0.25) is 15.9 Å². The van der Waals surface area contributed by atoms with E-state index < -0.39 is 39.4 Å². The van der Waals surface area contributed by atoms with Gasteiger partial charge in [0.15, 0.2) is 0 Å². The number of carbonyl (C=O) groups excluding carboxylic acids is 2. The van der Waals surface area contributed by atoms with Crippen LogP contribution < -0.4 is 5.73 Å². The Bertz CT molecular complexity index is 1720. The van der Waals surface area contributed by atoms with Crippen molar-refractivity contribution < 1.29 is 28.3 Å². The highest BCUT2D eigenvalue weighted by molar-refractivity contribution is 7.89. The molecule has 2 unspecified atom stereocenters. The fourth-order valence-corrected chi connectivity index (χ4v) is 8.98. The van der Waals surface area contributed by atoms with Gasteiger partial charge < -0.3 is 25.8 Å². The first kappa shape index (κ1) is 36.9. The van der Waals surface area contributed by atoms with Crippen molar-refractivity contribution in [1.29, 1.82) is 0 Å². The molecule has 0 spiro atoms. The SMILES string of the molecule is CCC(C)C(C(N)=O)([C@H](Cc1ccccc1)[C@@H](O)CN(CC1CCC1)S(=O)(=O)c1ccc(C=NO)cc1)N1CCN(Cc2cccnc2)C1=O. The Morgan fingerprint density at radius 2 is 1.80 bits per heavy atom. The van der Waals surface area contributed by atoms with Gasteiger partial charge in [-0.2, -0.15) is 4.31 Å². The molecule has 1 aliphatic heterocycles. The predicted molar refractivity (Wildman–Crippen MR) is 190 cm³/mol. The Morgan fingerprint density at radius 3 is 2.38 bits per heavy atom. The molecule has 13 heteroatoms. The molecule has 3 aromatic rings. The Morgan fingerprint density at radius 1 is 1.10 bits per heavy atom. The number of hydrogen-bond acceptors (Lipinski definition) is 8. The summed E-state index contributed by atoms with van der Waals surface area (Å²) in [6.07, 6.45) is 6.56. The molecule has 12 nitrogen and oxygen atoms in total. The minimum Gasteiger partial charge on any atom is -0.411 e. The maximum absolute atomic E-state index is 14.3.